The van der Waals surface area contributed by atoms with E-state index in [0.717, 1.165) is 12.5 Å². The van der Waals surface area contributed by atoms with Gasteiger partial charge in [0, 0.05) is 25.7 Å². The van der Waals surface area contributed by atoms with Crippen LogP contribution in [0.2, 0.25) is 0 Å². The Hall–Kier alpha value is -0.980. The Kier molecular flexibility index (Phi) is 5.46. The number of hydrogen-bond acceptors (Lipinski definition) is 3. The molecular weight excluding hydrogens is 267 g/mol. The molecule has 0 radical (unpaired) electrons. The molecule has 0 amide bonds. The maximum atomic E-state index is 13.3. The van der Waals surface area contributed by atoms with E-state index in [-0.39, 0.29) is 22.9 Å². The van der Waals surface area contributed by atoms with Crippen molar-refractivity contribution in [3.63, 3.8) is 0 Å². The van der Waals surface area contributed by atoms with Crippen LogP contribution in [0, 0.1) is 11.7 Å². The van der Waals surface area contributed by atoms with Crippen molar-refractivity contribution in [1.29, 1.82) is 0 Å². The van der Waals surface area contributed by atoms with Gasteiger partial charge in [-0.25, -0.2) is 17.1 Å². The van der Waals surface area contributed by atoms with Gasteiger partial charge in [0.15, 0.2) is 0 Å². The van der Waals surface area contributed by atoms with E-state index in [4.69, 9.17) is 5.73 Å². The van der Waals surface area contributed by atoms with Crippen LogP contribution in [0.4, 0.5) is 4.39 Å². The summed E-state index contributed by atoms with van der Waals surface area (Å²) in [6, 6.07) is 3.72. The summed E-state index contributed by atoms with van der Waals surface area (Å²) in [6.45, 7) is 4.41. The fourth-order valence-corrected chi connectivity index (χ4v) is 3.06. The normalized spacial score (nSPS) is 13.8. The van der Waals surface area contributed by atoms with E-state index in [0.29, 0.717) is 6.54 Å². The van der Waals surface area contributed by atoms with Crippen molar-refractivity contribution in [3.05, 3.63) is 29.6 Å². The van der Waals surface area contributed by atoms with Gasteiger partial charge in [-0.2, -0.15) is 0 Å². The van der Waals surface area contributed by atoms with Crippen LogP contribution in [-0.4, -0.2) is 26.3 Å². The van der Waals surface area contributed by atoms with Crippen LogP contribution in [0.5, 0.6) is 0 Å². The van der Waals surface area contributed by atoms with Crippen molar-refractivity contribution < 1.29 is 12.8 Å². The molecule has 0 aromatic heterocycles. The van der Waals surface area contributed by atoms with Gasteiger partial charge in [0.25, 0.3) is 0 Å². The summed E-state index contributed by atoms with van der Waals surface area (Å²) >= 11 is 0. The van der Waals surface area contributed by atoms with Gasteiger partial charge in [0.1, 0.15) is 5.82 Å². The lowest BCUT2D eigenvalue weighted by Gasteiger charge is -2.20. The largest absolute Gasteiger partial charge is 0.326 e. The summed E-state index contributed by atoms with van der Waals surface area (Å²) in [5.41, 5.74) is 5.60. The van der Waals surface area contributed by atoms with Gasteiger partial charge < -0.3 is 5.73 Å². The molecule has 19 heavy (non-hydrogen) atoms. The van der Waals surface area contributed by atoms with Crippen molar-refractivity contribution in [3.8, 4) is 0 Å². The van der Waals surface area contributed by atoms with Crippen molar-refractivity contribution in [2.24, 2.45) is 11.7 Å². The van der Waals surface area contributed by atoms with Crippen LogP contribution in [0.3, 0.4) is 0 Å². The maximum Gasteiger partial charge on any atom is 0.242 e. The van der Waals surface area contributed by atoms with Gasteiger partial charge in [-0.15, -0.1) is 0 Å². The first-order valence-corrected chi connectivity index (χ1v) is 7.71. The molecule has 108 valence electrons. The average molecular weight is 288 g/mol. The molecule has 0 saturated carbocycles. The molecular formula is C13H21FN2O2S. The lowest BCUT2D eigenvalue weighted by molar-refractivity contribution is 0.393. The van der Waals surface area contributed by atoms with Gasteiger partial charge in [-0.05, 0) is 24.1 Å². The Bertz CT molecular complexity index is 531. The van der Waals surface area contributed by atoms with E-state index < -0.39 is 15.8 Å². The van der Waals surface area contributed by atoms with Crippen molar-refractivity contribution in [2.45, 2.75) is 31.7 Å². The monoisotopic (exact) mass is 288 g/mol. The quantitative estimate of drug-likeness (QED) is 0.870. The Balaban J connectivity index is 3.06. The second-order valence-electron chi connectivity index (χ2n) is 4.76. The Labute approximate surface area is 114 Å². The van der Waals surface area contributed by atoms with Crippen LogP contribution in [0.15, 0.2) is 23.1 Å². The molecule has 1 unspecified atom stereocenters. The highest BCUT2D eigenvalue weighted by atomic mass is 32.2. The number of rotatable bonds is 6. The van der Waals surface area contributed by atoms with Gasteiger partial charge in [-0.1, -0.05) is 20.3 Å². The van der Waals surface area contributed by atoms with Gasteiger partial charge in [-0.3, -0.25) is 0 Å². The number of hydrogen-bond donors (Lipinski definition) is 1. The third-order valence-electron chi connectivity index (χ3n) is 3.21. The van der Waals surface area contributed by atoms with Crippen molar-refractivity contribution >= 4 is 10.0 Å². The minimum atomic E-state index is -3.58. The zero-order chi connectivity index (χ0) is 14.6. The first-order valence-electron chi connectivity index (χ1n) is 6.27. The van der Waals surface area contributed by atoms with Crippen LogP contribution < -0.4 is 5.73 Å². The number of sulfonamides is 1. The zero-order valence-corrected chi connectivity index (χ0v) is 12.4. The summed E-state index contributed by atoms with van der Waals surface area (Å²) in [5.74, 6) is -0.208. The smallest absolute Gasteiger partial charge is 0.242 e. The van der Waals surface area contributed by atoms with E-state index in [2.05, 4.69) is 0 Å². The second kappa shape index (κ2) is 6.45. The first kappa shape index (κ1) is 16.1. The number of benzene rings is 1. The molecule has 0 bridgehead atoms. The molecule has 1 atom stereocenters. The predicted molar refractivity (Wildman–Crippen MR) is 73.6 cm³/mol. The molecule has 0 aliphatic rings. The lowest BCUT2D eigenvalue weighted by Crippen LogP contribution is -2.31. The summed E-state index contributed by atoms with van der Waals surface area (Å²) < 4.78 is 39.3. The Morgan fingerprint density at radius 2 is 2.05 bits per heavy atom. The maximum absolute atomic E-state index is 13.3. The summed E-state index contributed by atoms with van der Waals surface area (Å²) in [7, 11) is -2.05. The molecule has 1 aromatic carbocycles. The molecule has 2 N–H and O–H groups in total. The average Bonchev–Trinajstić information content (AvgIpc) is 2.38. The molecule has 0 heterocycles. The third-order valence-corrected chi connectivity index (χ3v) is 5.03. The summed E-state index contributed by atoms with van der Waals surface area (Å²) in [6.07, 6.45) is 0.900. The molecule has 4 nitrogen and oxygen atoms in total. The molecule has 6 heteroatoms. The van der Waals surface area contributed by atoms with Crippen LogP contribution in [0.1, 0.15) is 25.8 Å². The molecule has 1 rings (SSSR count). The highest BCUT2D eigenvalue weighted by Crippen LogP contribution is 2.19. The highest BCUT2D eigenvalue weighted by molar-refractivity contribution is 7.89. The minimum absolute atomic E-state index is 0.0235. The number of nitrogens with zero attached hydrogens (tertiary/aromatic N) is 1. The van der Waals surface area contributed by atoms with Crippen molar-refractivity contribution in [2.75, 3.05) is 13.6 Å². The van der Waals surface area contributed by atoms with Crippen LogP contribution >= 0.6 is 0 Å². The lowest BCUT2D eigenvalue weighted by atomic mass is 10.1. The first-order chi connectivity index (χ1) is 8.82. The zero-order valence-electron chi connectivity index (χ0n) is 11.6. The predicted octanol–water partition coefficient (Wildman–Crippen LogP) is 1.95. The fourth-order valence-electron chi connectivity index (χ4n) is 1.71. The second-order valence-corrected chi connectivity index (χ2v) is 6.80. The molecule has 0 aliphatic heterocycles. The Morgan fingerprint density at radius 1 is 1.42 bits per heavy atom. The van der Waals surface area contributed by atoms with E-state index in [1.807, 2.05) is 13.8 Å². The van der Waals surface area contributed by atoms with E-state index in [1.165, 1.54) is 23.5 Å². The number of halogens is 1. The summed E-state index contributed by atoms with van der Waals surface area (Å²) in [4.78, 5) is 0.0835. The molecule has 1 aromatic rings. The molecule has 0 fully saturated rings. The Morgan fingerprint density at radius 3 is 2.58 bits per heavy atom. The van der Waals surface area contributed by atoms with E-state index >= 15 is 0 Å². The van der Waals surface area contributed by atoms with Gasteiger partial charge in [0.2, 0.25) is 10.0 Å². The highest BCUT2D eigenvalue weighted by Gasteiger charge is 2.22. The standard InChI is InChI=1S/C13H21FN2O2S/c1-4-10(2)9-16(3)19(17,18)12-5-6-13(14)11(7-12)8-15/h5-7,10H,4,8-9,15H2,1-3H3. The van der Waals surface area contributed by atoms with Gasteiger partial charge >= 0.3 is 0 Å². The SMILES string of the molecule is CCC(C)CN(C)S(=O)(=O)c1ccc(F)c(CN)c1. The third kappa shape index (κ3) is 3.75. The van der Waals surface area contributed by atoms with Crippen molar-refractivity contribution in [1.82, 2.24) is 4.31 Å². The number of nitrogens with two attached hydrogens (primary N) is 1. The minimum Gasteiger partial charge on any atom is -0.326 e. The molecule has 0 spiro atoms. The van der Waals surface area contributed by atoms with Gasteiger partial charge in [0.05, 0.1) is 4.90 Å². The fraction of sp³-hybridized carbons (Fsp3) is 0.538. The van der Waals surface area contributed by atoms with Crippen LogP contribution in [-0.2, 0) is 16.6 Å². The van der Waals surface area contributed by atoms with E-state index in [1.54, 1.807) is 0 Å². The van der Waals surface area contributed by atoms with Crippen LogP contribution in [0.25, 0.3) is 0 Å². The molecule has 0 aliphatic carbocycles. The topological polar surface area (TPSA) is 63.4 Å². The van der Waals surface area contributed by atoms with E-state index in [9.17, 15) is 12.8 Å². The summed E-state index contributed by atoms with van der Waals surface area (Å²) in [5, 5.41) is 0. The molecule has 0 saturated heterocycles.